The monoisotopic (exact) mass is 261 g/mol. The summed E-state index contributed by atoms with van der Waals surface area (Å²) in [4.78, 5) is 15.3. The minimum atomic E-state index is -0.131. The molecule has 1 aliphatic heterocycles. The zero-order valence-corrected chi connectivity index (χ0v) is 11.3. The van der Waals surface area contributed by atoms with Crippen LogP contribution in [-0.4, -0.2) is 53.7 Å². The van der Waals surface area contributed by atoms with Crippen LogP contribution in [0.1, 0.15) is 23.3 Å². The van der Waals surface area contributed by atoms with Crippen molar-refractivity contribution in [2.45, 2.75) is 18.4 Å². The molecule has 1 aromatic heterocycles. The van der Waals surface area contributed by atoms with E-state index in [0.717, 1.165) is 18.9 Å². The summed E-state index contributed by atoms with van der Waals surface area (Å²) in [6, 6.07) is 3.56. The maximum absolute atomic E-state index is 11.7. The standard InChI is InChI=1S/C13H19N5O/c1-17(2)12(19)10-5-6-11(16-15-10)18-7-13(14,8-18)9-3-4-9/h5-6,9H,3-4,7-8,14H2,1-2H3. The number of aromatic nitrogens is 2. The quantitative estimate of drug-likeness (QED) is 0.835. The van der Waals surface area contributed by atoms with Crippen LogP contribution in [0.25, 0.3) is 0 Å². The van der Waals surface area contributed by atoms with Gasteiger partial charge in [0.15, 0.2) is 11.5 Å². The van der Waals surface area contributed by atoms with Crippen LogP contribution in [-0.2, 0) is 0 Å². The van der Waals surface area contributed by atoms with Crippen LogP contribution in [0.5, 0.6) is 0 Å². The van der Waals surface area contributed by atoms with Crippen molar-refractivity contribution in [2.75, 3.05) is 32.1 Å². The van der Waals surface area contributed by atoms with Gasteiger partial charge >= 0.3 is 0 Å². The highest BCUT2D eigenvalue weighted by atomic mass is 16.2. The third-order valence-electron chi connectivity index (χ3n) is 3.96. The molecule has 2 fully saturated rings. The van der Waals surface area contributed by atoms with Gasteiger partial charge < -0.3 is 15.5 Å². The molecule has 0 atom stereocenters. The van der Waals surface area contributed by atoms with Crippen molar-refractivity contribution < 1.29 is 4.79 Å². The Hall–Kier alpha value is -1.69. The molecule has 1 aliphatic carbocycles. The van der Waals surface area contributed by atoms with Crippen LogP contribution in [0.15, 0.2) is 12.1 Å². The van der Waals surface area contributed by atoms with E-state index in [-0.39, 0.29) is 11.4 Å². The van der Waals surface area contributed by atoms with E-state index < -0.39 is 0 Å². The van der Waals surface area contributed by atoms with Crippen LogP contribution in [0.2, 0.25) is 0 Å². The minimum absolute atomic E-state index is 0.0280. The highest BCUT2D eigenvalue weighted by Crippen LogP contribution is 2.43. The van der Waals surface area contributed by atoms with Gasteiger partial charge in [-0.15, -0.1) is 10.2 Å². The first-order valence-corrected chi connectivity index (χ1v) is 6.59. The molecule has 2 N–H and O–H groups in total. The molecule has 0 radical (unpaired) electrons. The Morgan fingerprint density at radius 3 is 2.53 bits per heavy atom. The average Bonchev–Trinajstić information content (AvgIpc) is 3.18. The van der Waals surface area contributed by atoms with Gasteiger partial charge in [0.05, 0.1) is 5.54 Å². The summed E-state index contributed by atoms with van der Waals surface area (Å²) in [7, 11) is 3.40. The van der Waals surface area contributed by atoms with E-state index in [1.807, 2.05) is 6.07 Å². The van der Waals surface area contributed by atoms with Gasteiger partial charge in [-0.2, -0.15) is 0 Å². The summed E-state index contributed by atoms with van der Waals surface area (Å²) < 4.78 is 0. The maximum Gasteiger partial charge on any atom is 0.273 e. The first kappa shape index (κ1) is 12.3. The van der Waals surface area contributed by atoms with Crippen molar-refractivity contribution in [3.63, 3.8) is 0 Å². The van der Waals surface area contributed by atoms with Crippen LogP contribution in [0, 0.1) is 5.92 Å². The molecule has 6 heteroatoms. The van der Waals surface area contributed by atoms with E-state index in [1.54, 1.807) is 20.2 Å². The van der Waals surface area contributed by atoms with Crippen molar-refractivity contribution in [1.82, 2.24) is 15.1 Å². The van der Waals surface area contributed by atoms with Gasteiger partial charge in [-0.3, -0.25) is 4.79 Å². The van der Waals surface area contributed by atoms with E-state index >= 15 is 0 Å². The number of amides is 1. The number of rotatable bonds is 3. The lowest BCUT2D eigenvalue weighted by atomic mass is 9.86. The number of hydrogen-bond acceptors (Lipinski definition) is 5. The fourth-order valence-electron chi connectivity index (χ4n) is 2.58. The molecule has 0 bridgehead atoms. The summed E-state index contributed by atoms with van der Waals surface area (Å²) in [6.45, 7) is 1.68. The van der Waals surface area contributed by atoms with Gasteiger partial charge in [0.25, 0.3) is 5.91 Å². The summed E-state index contributed by atoms with van der Waals surface area (Å²) in [5.41, 5.74) is 6.65. The van der Waals surface area contributed by atoms with Crippen molar-refractivity contribution >= 4 is 11.7 Å². The van der Waals surface area contributed by atoms with E-state index in [1.165, 1.54) is 17.7 Å². The van der Waals surface area contributed by atoms with Gasteiger partial charge in [0.1, 0.15) is 0 Å². The maximum atomic E-state index is 11.7. The Morgan fingerprint density at radius 2 is 2.05 bits per heavy atom. The highest BCUT2D eigenvalue weighted by Gasteiger charge is 2.50. The molecule has 0 unspecified atom stereocenters. The zero-order valence-electron chi connectivity index (χ0n) is 11.3. The average molecular weight is 261 g/mol. The Labute approximate surface area is 112 Å². The number of nitrogens with two attached hydrogens (primary N) is 1. The van der Waals surface area contributed by atoms with E-state index in [0.29, 0.717) is 11.6 Å². The summed E-state index contributed by atoms with van der Waals surface area (Å²) >= 11 is 0. The van der Waals surface area contributed by atoms with Crippen LogP contribution >= 0.6 is 0 Å². The van der Waals surface area contributed by atoms with Crippen LogP contribution < -0.4 is 10.6 Å². The van der Waals surface area contributed by atoms with Crippen molar-refractivity contribution in [1.29, 1.82) is 0 Å². The molecule has 19 heavy (non-hydrogen) atoms. The smallest absolute Gasteiger partial charge is 0.273 e. The van der Waals surface area contributed by atoms with Crippen LogP contribution in [0.4, 0.5) is 5.82 Å². The molecule has 1 amide bonds. The number of anilines is 1. The summed E-state index contributed by atoms with van der Waals surface area (Å²) in [5, 5.41) is 8.11. The molecule has 2 heterocycles. The lowest BCUT2D eigenvalue weighted by molar-refractivity contribution is 0.0821. The molecular weight excluding hydrogens is 242 g/mol. The van der Waals surface area contributed by atoms with E-state index in [9.17, 15) is 4.79 Å². The Balaban J connectivity index is 1.66. The third kappa shape index (κ3) is 2.16. The van der Waals surface area contributed by atoms with Gasteiger partial charge in [0, 0.05) is 27.2 Å². The molecule has 102 valence electrons. The fourth-order valence-corrected chi connectivity index (χ4v) is 2.58. The second-order valence-corrected chi connectivity index (χ2v) is 5.84. The van der Waals surface area contributed by atoms with Crippen molar-refractivity contribution in [2.24, 2.45) is 11.7 Å². The summed E-state index contributed by atoms with van der Waals surface area (Å²) in [6.07, 6.45) is 2.51. The first-order valence-electron chi connectivity index (χ1n) is 6.59. The predicted octanol–water partition coefficient (Wildman–Crippen LogP) is 0.106. The lowest BCUT2D eigenvalue weighted by Gasteiger charge is -2.48. The molecule has 0 aromatic carbocycles. The summed E-state index contributed by atoms with van der Waals surface area (Å²) in [5.74, 6) is 1.36. The number of carbonyl (C=O) groups is 1. The minimum Gasteiger partial charge on any atom is -0.351 e. The third-order valence-corrected chi connectivity index (χ3v) is 3.96. The van der Waals surface area contributed by atoms with Gasteiger partial charge in [0.2, 0.25) is 0 Å². The molecule has 0 spiro atoms. The first-order chi connectivity index (χ1) is 8.99. The van der Waals surface area contributed by atoms with E-state index in [4.69, 9.17) is 5.73 Å². The Bertz CT molecular complexity index is 488. The van der Waals surface area contributed by atoms with Gasteiger partial charge in [-0.05, 0) is 30.9 Å². The molecule has 1 saturated heterocycles. The van der Waals surface area contributed by atoms with Gasteiger partial charge in [-0.1, -0.05) is 0 Å². The normalized spacial score (nSPS) is 20.9. The SMILES string of the molecule is CN(C)C(=O)c1ccc(N2CC(N)(C3CC3)C2)nn1. The van der Waals surface area contributed by atoms with Crippen molar-refractivity contribution in [3.05, 3.63) is 17.8 Å². The predicted molar refractivity (Wildman–Crippen MR) is 71.9 cm³/mol. The second-order valence-electron chi connectivity index (χ2n) is 5.84. The molecule has 2 aliphatic rings. The second kappa shape index (κ2) is 4.16. The Morgan fingerprint density at radius 1 is 1.37 bits per heavy atom. The number of nitrogens with zero attached hydrogens (tertiary/aromatic N) is 4. The molecule has 1 saturated carbocycles. The lowest BCUT2D eigenvalue weighted by Crippen LogP contribution is -2.69. The van der Waals surface area contributed by atoms with Gasteiger partial charge in [-0.25, -0.2) is 0 Å². The molecule has 1 aromatic rings. The molecule has 6 nitrogen and oxygen atoms in total. The largest absolute Gasteiger partial charge is 0.351 e. The fraction of sp³-hybridized carbons (Fsp3) is 0.615. The van der Waals surface area contributed by atoms with E-state index in [2.05, 4.69) is 15.1 Å². The van der Waals surface area contributed by atoms with Crippen molar-refractivity contribution in [3.8, 4) is 0 Å². The zero-order chi connectivity index (χ0) is 13.6. The number of hydrogen-bond donors (Lipinski definition) is 1. The molecular formula is C13H19N5O. The topological polar surface area (TPSA) is 75.4 Å². The highest BCUT2D eigenvalue weighted by molar-refractivity contribution is 5.91. The number of carbonyl (C=O) groups excluding carboxylic acids is 1. The molecule has 3 rings (SSSR count). The van der Waals surface area contributed by atoms with Crippen LogP contribution in [0.3, 0.4) is 0 Å². The Kier molecular flexibility index (Phi) is 2.70.